The van der Waals surface area contributed by atoms with E-state index in [9.17, 15) is 4.79 Å². The number of rotatable bonds is 6. The first-order chi connectivity index (χ1) is 16.8. The van der Waals surface area contributed by atoms with E-state index < -0.39 is 0 Å². The van der Waals surface area contributed by atoms with Crippen LogP contribution in [0.4, 0.5) is 0 Å². The fraction of sp³-hybridized carbons (Fsp3) is 0.379. The molecule has 0 aliphatic carbocycles. The van der Waals surface area contributed by atoms with Crippen molar-refractivity contribution in [2.75, 3.05) is 39.4 Å². The van der Waals surface area contributed by atoms with Crippen LogP contribution in [-0.4, -0.2) is 60.1 Å². The van der Waals surface area contributed by atoms with Crippen molar-refractivity contribution in [1.29, 1.82) is 0 Å². The molecule has 5 heteroatoms. The van der Waals surface area contributed by atoms with E-state index in [0.717, 1.165) is 87.7 Å². The summed E-state index contributed by atoms with van der Waals surface area (Å²) in [5.41, 5.74) is 5.51. The number of hydrogen-bond acceptors (Lipinski definition) is 4. The van der Waals surface area contributed by atoms with E-state index >= 15 is 0 Å². The maximum absolute atomic E-state index is 13.4. The molecule has 2 aliphatic heterocycles. The summed E-state index contributed by atoms with van der Waals surface area (Å²) in [7, 11) is 0. The average Bonchev–Trinajstić information content (AvgIpc) is 2.90. The monoisotopic (exact) mass is 455 g/mol. The van der Waals surface area contributed by atoms with Gasteiger partial charge >= 0.3 is 0 Å². The molecule has 0 atom stereocenters. The van der Waals surface area contributed by atoms with Crippen LogP contribution in [0.5, 0.6) is 0 Å². The molecule has 2 saturated heterocycles. The van der Waals surface area contributed by atoms with Crippen LogP contribution >= 0.6 is 0 Å². The first-order valence-corrected chi connectivity index (χ1v) is 12.4. The highest BCUT2D eigenvalue weighted by molar-refractivity contribution is 5.95. The molecule has 5 nitrogen and oxygen atoms in total. The van der Waals surface area contributed by atoms with E-state index in [1.54, 1.807) is 0 Å². The number of carbonyl (C=O) groups excluding carboxylic acids is 1. The zero-order valence-electron chi connectivity index (χ0n) is 19.7. The molecule has 0 saturated carbocycles. The van der Waals surface area contributed by atoms with Crippen molar-refractivity contribution in [2.24, 2.45) is 0 Å². The van der Waals surface area contributed by atoms with Gasteiger partial charge in [-0.05, 0) is 42.2 Å². The predicted molar refractivity (Wildman–Crippen MR) is 134 cm³/mol. The zero-order chi connectivity index (χ0) is 23.2. The first-order valence-electron chi connectivity index (χ1n) is 12.4. The molecular formula is C29H33N3O2. The molecule has 2 fully saturated rings. The minimum atomic E-state index is 0.160. The summed E-state index contributed by atoms with van der Waals surface area (Å²) < 4.78 is 5.47. The normalized spacial score (nSPS) is 17.6. The predicted octanol–water partition coefficient (Wildman–Crippen LogP) is 4.52. The van der Waals surface area contributed by atoms with E-state index in [4.69, 9.17) is 9.72 Å². The van der Waals surface area contributed by atoms with E-state index in [1.165, 1.54) is 5.56 Å². The second-order valence-electron chi connectivity index (χ2n) is 9.33. The third kappa shape index (κ3) is 5.54. The van der Waals surface area contributed by atoms with Crippen LogP contribution in [0.1, 0.15) is 51.6 Å². The molecule has 1 aromatic heterocycles. The van der Waals surface area contributed by atoms with E-state index in [-0.39, 0.29) is 5.91 Å². The van der Waals surface area contributed by atoms with Crippen LogP contribution in [0.25, 0.3) is 0 Å². The summed E-state index contributed by atoms with van der Waals surface area (Å²) in [6, 6.07) is 25.0. The van der Waals surface area contributed by atoms with Crippen molar-refractivity contribution < 1.29 is 9.53 Å². The topological polar surface area (TPSA) is 45.7 Å². The number of morpholine rings is 1. The van der Waals surface area contributed by atoms with Crippen molar-refractivity contribution in [3.05, 3.63) is 101 Å². The van der Waals surface area contributed by atoms with Gasteiger partial charge in [0, 0.05) is 62.0 Å². The lowest BCUT2D eigenvalue weighted by atomic mass is 9.92. The Morgan fingerprint density at radius 2 is 1.59 bits per heavy atom. The number of pyridine rings is 1. The van der Waals surface area contributed by atoms with E-state index in [2.05, 4.69) is 53.4 Å². The standard InChI is InChI=1S/C29H33N3O2/c33-29(27-11-5-4-9-25(27)22-31-17-19-34-20-18-31)32-15-13-24(14-16-32)28-12-6-10-26(30-28)21-23-7-2-1-3-8-23/h1-12,24H,13-22H2. The smallest absolute Gasteiger partial charge is 0.254 e. The Bertz CT molecular complexity index is 1090. The van der Waals surface area contributed by atoms with Crippen LogP contribution < -0.4 is 0 Å². The molecule has 2 aliphatic rings. The van der Waals surface area contributed by atoms with Gasteiger partial charge in [0.1, 0.15) is 0 Å². The van der Waals surface area contributed by atoms with Crippen LogP contribution in [0.2, 0.25) is 0 Å². The summed E-state index contributed by atoms with van der Waals surface area (Å²) in [4.78, 5) is 22.8. The van der Waals surface area contributed by atoms with Crippen LogP contribution in [0.3, 0.4) is 0 Å². The molecule has 34 heavy (non-hydrogen) atoms. The molecule has 0 N–H and O–H groups in total. The molecule has 2 aromatic carbocycles. The van der Waals surface area contributed by atoms with Crippen LogP contribution in [-0.2, 0) is 17.7 Å². The molecule has 3 heterocycles. The minimum Gasteiger partial charge on any atom is -0.379 e. The lowest BCUT2D eigenvalue weighted by Gasteiger charge is -2.33. The van der Waals surface area contributed by atoms with Gasteiger partial charge in [-0.15, -0.1) is 0 Å². The van der Waals surface area contributed by atoms with E-state index in [0.29, 0.717) is 5.92 Å². The Kier molecular flexibility index (Phi) is 7.32. The van der Waals surface area contributed by atoms with Crippen LogP contribution in [0.15, 0.2) is 72.8 Å². The summed E-state index contributed by atoms with van der Waals surface area (Å²) in [5, 5.41) is 0. The highest BCUT2D eigenvalue weighted by atomic mass is 16.5. The molecule has 0 spiro atoms. The maximum Gasteiger partial charge on any atom is 0.254 e. The Hall–Kier alpha value is -3.02. The van der Waals surface area contributed by atoms with Gasteiger partial charge < -0.3 is 9.64 Å². The first kappa shape index (κ1) is 22.8. The van der Waals surface area contributed by atoms with Gasteiger partial charge in [-0.3, -0.25) is 14.7 Å². The van der Waals surface area contributed by atoms with Gasteiger partial charge in [0.25, 0.3) is 5.91 Å². The number of carbonyl (C=O) groups is 1. The van der Waals surface area contributed by atoms with Gasteiger partial charge in [0.05, 0.1) is 13.2 Å². The number of amides is 1. The van der Waals surface area contributed by atoms with Gasteiger partial charge in [-0.1, -0.05) is 54.6 Å². The molecule has 176 valence electrons. The summed E-state index contributed by atoms with van der Waals surface area (Å²) >= 11 is 0. The summed E-state index contributed by atoms with van der Waals surface area (Å²) in [5.74, 6) is 0.566. The van der Waals surface area contributed by atoms with E-state index in [1.807, 2.05) is 29.2 Å². The molecule has 1 amide bonds. The molecular weight excluding hydrogens is 422 g/mol. The summed E-state index contributed by atoms with van der Waals surface area (Å²) in [6.45, 7) is 5.74. The second-order valence-corrected chi connectivity index (χ2v) is 9.33. The lowest BCUT2D eigenvalue weighted by Crippen LogP contribution is -2.39. The number of aromatic nitrogens is 1. The number of nitrogens with zero attached hydrogens (tertiary/aromatic N) is 3. The Labute approximate surface area is 202 Å². The van der Waals surface area contributed by atoms with Crippen molar-refractivity contribution in [1.82, 2.24) is 14.8 Å². The minimum absolute atomic E-state index is 0.160. The SMILES string of the molecule is O=C(c1ccccc1CN1CCOCC1)N1CCC(c2cccc(Cc3ccccc3)n2)CC1. The third-order valence-electron chi connectivity index (χ3n) is 7.00. The second kappa shape index (κ2) is 10.9. The molecule has 0 radical (unpaired) electrons. The fourth-order valence-electron chi connectivity index (χ4n) is 5.04. The van der Waals surface area contributed by atoms with Crippen molar-refractivity contribution in [3.63, 3.8) is 0 Å². The molecule has 0 unspecified atom stereocenters. The van der Waals surface area contributed by atoms with Crippen molar-refractivity contribution >= 4 is 5.91 Å². The van der Waals surface area contributed by atoms with Crippen LogP contribution in [0, 0.1) is 0 Å². The maximum atomic E-state index is 13.4. The van der Waals surface area contributed by atoms with Gasteiger partial charge in [-0.25, -0.2) is 0 Å². The van der Waals surface area contributed by atoms with Gasteiger partial charge in [0.2, 0.25) is 0 Å². The largest absolute Gasteiger partial charge is 0.379 e. The zero-order valence-corrected chi connectivity index (χ0v) is 19.7. The highest BCUT2D eigenvalue weighted by Gasteiger charge is 2.27. The van der Waals surface area contributed by atoms with Gasteiger partial charge in [0.15, 0.2) is 0 Å². The highest BCUT2D eigenvalue weighted by Crippen LogP contribution is 2.28. The number of likely N-dealkylation sites (tertiary alicyclic amines) is 1. The molecule has 5 rings (SSSR count). The third-order valence-corrected chi connectivity index (χ3v) is 7.00. The number of hydrogen-bond donors (Lipinski definition) is 0. The van der Waals surface area contributed by atoms with Gasteiger partial charge in [-0.2, -0.15) is 0 Å². The van der Waals surface area contributed by atoms with Crippen molar-refractivity contribution in [3.8, 4) is 0 Å². The molecule has 3 aromatic rings. The fourth-order valence-corrected chi connectivity index (χ4v) is 5.04. The number of ether oxygens (including phenoxy) is 1. The Morgan fingerprint density at radius 1 is 0.853 bits per heavy atom. The number of piperidine rings is 1. The Balaban J connectivity index is 1.21. The van der Waals surface area contributed by atoms with Crippen molar-refractivity contribution in [2.45, 2.75) is 31.7 Å². The number of benzene rings is 2. The molecule has 0 bridgehead atoms. The Morgan fingerprint density at radius 3 is 2.38 bits per heavy atom. The quantitative estimate of drug-likeness (QED) is 0.548. The summed E-state index contributed by atoms with van der Waals surface area (Å²) in [6.07, 6.45) is 2.77. The average molecular weight is 456 g/mol. The lowest BCUT2D eigenvalue weighted by molar-refractivity contribution is 0.0339.